The first-order valence-corrected chi connectivity index (χ1v) is 17.4. The van der Waals surface area contributed by atoms with E-state index in [4.69, 9.17) is 23.2 Å². The van der Waals surface area contributed by atoms with Crippen molar-refractivity contribution in [1.82, 2.24) is 4.90 Å². The molecule has 0 spiro atoms. The zero-order valence-electron chi connectivity index (χ0n) is 28.1. The summed E-state index contributed by atoms with van der Waals surface area (Å²) in [4.78, 5) is 12.6. The summed E-state index contributed by atoms with van der Waals surface area (Å²) in [5.74, 6) is 1.47. The van der Waals surface area contributed by atoms with Crippen LogP contribution in [0.25, 0.3) is 76.9 Å². The van der Waals surface area contributed by atoms with Crippen LogP contribution in [-0.2, 0) is 0 Å². The third-order valence-corrected chi connectivity index (χ3v) is 10.3. The maximum atomic E-state index is 6.81. The van der Waals surface area contributed by atoms with Crippen LogP contribution in [0.4, 0.5) is 0 Å². The van der Waals surface area contributed by atoms with Crippen molar-refractivity contribution in [2.24, 2.45) is 9.98 Å². The number of furan rings is 3. The third-order valence-electron chi connectivity index (χ3n) is 10.3. The molecule has 0 saturated heterocycles. The van der Waals surface area contributed by atoms with Crippen molar-refractivity contribution < 1.29 is 13.3 Å². The Morgan fingerprint density at radius 3 is 1.87 bits per heavy atom. The molecule has 0 radical (unpaired) electrons. The van der Waals surface area contributed by atoms with Gasteiger partial charge in [0.2, 0.25) is 0 Å². The Hall–Kier alpha value is -6.92. The zero-order valence-corrected chi connectivity index (χ0v) is 28.1. The molecule has 11 rings (SSSR count). The number of hydrogen-bond acceptors (Lipinski definition) is 6. The van der Waals surface area contributed by atoms with Crippen molar-refractivity contribution in [1.29, 1.82) is 0 Å². The molecule has 6 heteroatoms. The van der Waals surface area contributed by atoms with Crippen LogP contribution in [0, 0.1) is 0 Å². The summed E-state index contributed by atoms with van der Waals surface area (Å²) >= 11 is 0. The van der Waals surface area contributed by atoms with Crippen LogP contribution in [-0.4, -0.2) is 23.6 Å². The van der Waals surface area contributed by atoms with Gasteiger partial charge in [-0.1, -0.05) is 115 Å². The van der Waals surface area contributed by atoms with E-state index in [1.165, 1.54) is 0 Å². The minimum absolute atomic E-state index is 0.401. The second-order valence-electron chi connectivity index (χ2n) is 13.4. The number of aliphatic imine (C=N–C) groups is 2. The first kappa shape index (κ1) is 28.9. The summed E-state index contributed by atoms with van der Waals surface area (Å²) in [5.41, 5.74) is 9.98. The Morgan fingerprint density at radius 2 is 1.04 bits per heavy atom. The average molecular weight is 672 g/mol. The molecule has 0 amide bonds. The van der Waals surface area contributed by atoms with E-state index in [0.29, 0.717) is 5.84 Å². The smallest absolute Gasteiger partial charge is 0.159 e. The van der Waals surface area contributed by atoms with E-state index in [1.54, 1.807) is 0 Å². The van der Waals surface area contributed by atoms with Crippen LogP contribution in [0.5, 0.6) is 0 Å². The molecule has 0 fully saturated rings. The van der Waals surface area contributed by atoms with Crippen LogP contribution in [0.2, 0.25) is 0 Å². The molecule has 0 aliphatic carbocycles. The molecule has 4 heterocycles. The van der Waals surface area contributed by atoms with Crippen molar-refractivity contribution in [3.8, 4) is 11.1 Å². The van der Waals surface area contributed by atoms with Crippen LogP contribution in [0.15, 0.2) is 175 Å². The molecule has 6 nitrogen and oxygen atoms in total. The Balaban J connectivity index is 1.05. The molecule has 3 aromatic heterocycles. The van der Waals surface area contributed by atoms with Crippen molar-refractivity contribution in [2.75, 3.05) is 7.05 Å². The molecular formula is C46H29N3O3. The summed E-state index contributed by atoms with van der Waals surface area (Å²) in [5, 5.41) is 6.48. The molecule has 7 aromatic carbocycles. The minimum atomic E-state index is -0.401. The van der Waals surface area contributed by atoms with Crippen molar-refractivity contribution in [3.05, 3.63) is 168 Å². The predicted octanol–water partition coefficient (Wildman–Crippen LogP) is 11.9. The minimum Gasteiger partial charge on any atom is -0.456 e. The van der Waals surface area contributed by atoms with Crippen molar-refractivity contribution in [2.45, 2.75) is 6.17 Å². The van der Waals surface area contributed by atoms with Crippen LogP contribution >= 0.6 is 0 Å². The number of benzene rings is 7. The molecule has 0 bridgehead atoms. The Morgan fingerprint density at radius 1 is 0.462 bits per heavy atom. The van der Waals surface area contributed by atoms with Gasteiger partial charge in [0, 0.05) is 61.6 Å². The highest BCUT2D eigenvalue weighted by molar-refractivity contribution is 6.16. The van der Waals surface area contributed by atoms with Crippen LogP contribution in [0.1, 0.15) is 22.9 Å². The Kier molecular flexibility index (Phi) is 6.13. The molecule has 1 aliphatic rings. The summed E-state index contributed by atoms with van der Waals surface area (Å²) in [6.07, 6.45) is -0.401. The molecule has 0 N–H and O–H groups in total. The lowest BCUT2D eigenvalue weighted by Crippen LogP contribution is -2.35. The van der Waals surface area contributed by atoms with E-state index in [9.17, 15) is 0 Å². The van der Waals surface area contributed by atoms with Crippen molar-refractivity contribution in [3.63, 3.8) is 0 Å². The Bertz CT molecular complexity index is 3110. The van der Waals surface area contributed by atoms with Gasteiger partial charge < -0.3 is 18.2 Å². The van der Waals surface area contributed by atoms with Gasteiger partial charge in [-0.25, -0.2) is 9.98 Å². The first-order valence-electron chi connectivity index (χ1n) is 17.4. The van der Waals surface area contributed by atoms with Crippen molar-refractivity contribution >= 4 is 77.5 Å². The number of fused-ring (bicyclic) bond motifs is 9. The molecule has 52 heavy (non-hydrogen) atoms. The number of para-hydroxylation sites is 4. The summed E-state index contributed by atoms with van der Waals surface area (Å²) in [7, 11) is 2.05. The molecule has 1 unspecified atom stereocenters. The summed E-state index contributed by atoms with van der Waals surface area (Å²) < 4.78 is 19.5. The lowest BCUT2D eigenvalue weighted by atomic mass is 10.0. The highest BCUT2D eigenvalue weighted by Crippen LogP contribution is 2.41. The van der Waals surface area contributed by atoms with E-state index in [1.807, 2.05) is 61.6 Å². The lowest BCUT2D eigenvalue weighted by Gasteiger charge is -2.32. The van der Waals surface area contributed by atoms with Gasteiger partial charge in [0.15, 0.2) is 12.0 Å². The highest BCUT2D eigenvalue weighted by Gasteiger charge is 2.30. The number of hydrogen-bond donors (Lipinski definition) is 0. The normalized spacial score (nSPS) is 15.0. The van der Waals surface area contributed by atoms with Gasteiger partial charge in [0.05, 0.1) is 0 Å². The molecule has 10 aromatic rings. The predicted molar refractivity (Wildman–Crippen MR) is 210 cm³/mol. The fraction of sp³-hybridized carbons (Fsp3) is 0.0435. The van der Waals surface area contributed by atoms with E-state index in [2.05, 4.69) is 102 Å². The summed E-state index contributed by atoms with van der Waals surface area (Å²) in [6.45, 7) is 0. The number of amidine groups is 2. The largest absolute Gasteiger partial charge is 0.456 e. The zero-order chi connectivity index (χ0) is 34.3. The molecule has 246 valence electrons. The monoisotopic (exact) mass is 671 g/mol. The SMILES string of the molecule is CN1C(c2ccc3c(c2)oc2ccccc23)=NC(c2ccccc2)=NC1c1cccc2c1oc1cc(-c3cccc4c3oc3ccccc34)ccc12. The van der Waals surface area contributed by atoms with E-state index >= 15 is 0 Å². The lowest BCUT2D eigenvalue weighted by molar-refractivity contribution is 0.382. The topological polar surface area (TPSA) is 67.4 Å². The van der Waals surface area contributed by atoms with Gasteiger partial charge in [0.25, 0.3) is 0 Å². The third kappa shape index (κ3) is 4.31. The second-order valence-corrected chi connectivity index (χ2v) is 13.4. The van der Waals surface area contributed by atoms with Crippen LogP contribution in [0.3, 0.4) is 0 Å². The van der Waals surface area contributed by atoms with E-state index in [0.717, 1.165) is 99.5 Å². The maximum Gasteiger partial charge on any atom is 0.159 e. The van der Waals surface area contributed by atoms with E-state index < -0.39 is 6.17 Å². The van der Waals surface area contributed by atoms with Gasteiger partial charge in [0.1, 0.15) is 39.3 Å². The van der Waals surface area contributed by atoms with Gasteiger partial charge in [-0.2, -0.15) is 0 Å². The quantitative estimate of drug-likeness (QED) is 0.187. The maximum absolute atomic E-state index is 6.81. The van der Waals surface area contributed by atoms with Gasteiger partial charge in [-0.15, -0.1) is 0 Å². The Labute approximate surface area is 297 Å². The molecule has 0 saturated carbocycles. The number of nitrogens with zero attached hydrogens (tertiary/aromatic N) is 3. The second kappa shape index (κ2) is 11.0. The molecule has 1 aliphatic heterocycles. The first-order chi connectivity index (χ1) is 25.7. The fourth-order valence-electron chi connectivity index (χ4n) is 7.83. The van der Waals surface area contributed by atoms with Gasteiger partial charge in [-0.05, 0) is 42.0 Å². The van der Waals surface area contributed by atoms with Gasteiger partial charge >= 0.3 is 0 Å². The standard InChI is InChI=1S/C46H29N3O3/c1-49-45(29-22-24-33-31-13-5-7-19-38(31)50-40(33)26-29)47-44(27-11-3-2-4-12-27)48-46(49)37-18-10-17-36-34-23-21-28(25-41(34)52-43(36)37)30-15-9-16-35-32-14-6-8-20-39(32)51-42(30)35/h2-26,46H,1H3. The number of rotatable bonds is 4. The molecular weight excluding hydrogens is 643 g/mol. The highest BCUT2D eigenvalue weighted by atomic mass is 16.3. The molecule has 1 atom stereocenters. The average Bonchev–Trinajstić information content (AvgIpc) is 3.89. The van der Waals surface area contributed by atoms with Gasteiger partial charge in [-0.3, -0.25) is 0 Å². The summed E-state index contributed by atoms with van der Waals surface area (Å²) in [6, 6.07) is 51.9. The fourth-order valence-corrected chi connectivity index (χ4v) is 7.83. The van der Waals surface area contributed by atoms with Crippen LogP contribution < -0.4 is 0 Å². The van der Waals surface area contributed by atoms with E-state index in [-0.39, 0.29) is 0 Å².